The second kappa shape index (κ2) is 10.1. The third-order valence-corrected chi connectivity index (χ3v) is 7.86. The van der Waals surface area contributed by atoms with Gasteiger partial charge in [0.2, 0.25) is 0 Å². The fraction of sp³-hybridized carbons (Fsp3) is 0.172. The third-order valence-electron chi connectivity index (χ3n) is 6.09. The van der Waals surface area contributed by atoms with Crippen molar-refractivity contribution in [3.63, 3.8) is 0 Å². The predicted molar refractivity (Wildman–Crippen MR) is 144 cm³/mol. The maximum atomic E-state index is 11.4. The molecule has 4 aromatic rings. The minimum Gasteiger partial charge on any atom is -0.489 e. The SMILES string of the molecule is CC(CSC1c2ccccc2COc2ccc(/C=C/c3ccc4ccc(Cl)cc4n3)cc21)C(=O)O. The zero-order valence-electron chi connectivity index (χ0n) is 19.1. The molecule has 2 heterocycles. The summed E-state index contributed by atoms with van der Waals surface area (Å²) in [7, 11) is 0. The van der Waals surface area contributed by atoms with E-state index in [9.17, 15) is 9.90 Å². The molecule has 1 aromatic heterocycles. The van der Waals surface area contributed by atoms with Crippen LogP contribution in [0.5, 0.6) is 5.75 Å². The summed E-state index contributed by atoms with van der Waals surface area (Å²) >= 11 is 7.78. The van der Waals surface area contributed by atoms with Crippen LogP contribution in [0.25, 0.3) is 23.1 Å². The van der Waals surface area contributed by atoms with Crippen LogP contribution in [0.4, 0.5) is 0 Å². The molecule has 6 heteroatoms. The Labute approximate surface area is 213 Å². The third kappa shape index (κ3) is 5.21. The first-order chi connectivity index (χ1) is 17.0. The van der Waals surface area contributed by atoms with Crippen LogP contribution >= 0.6 is 23.4 Å². The monoisotopic (exact) mass is 501 g/mol. The minimum atomic E-state index is -0.781. The molecule has 176 valence electrons. The maximum absolute atomic E-state index is 11.4. The first-order valence-electron chi connectivity index (χ1n) is 11.4. The van der Waals surface area contributed by atoms with Crippen LogP contribution in [0.2, 0.25) is 5.02 Å². The van der Waals surface area contributed by atoms with Crippen LogP contribution in [0, 0.1) is 5.92 Å². The summed E-state index contributed by atoms with van der Waals surface area (Å²) in [5.74, 6) is 0.126. The molecule has 0 amide bonds. The molecule has 3 aromatic carbocycles. The highest BCUT2D eigenvalue weighted by atomic mass is 35.5. The van der Waals surface area contributed by atoms with E-state index in [0.717, 1.165) is 39.0 Å². The van der Waals surface area contributed by atoms with E-state index in [4.69, 9.17) is 21.3 Å². The van der Waals surface area contributed by atoms with E-state index in [1.807, 2.05) is 66.7 Å². The second-order valence-electron chi connectivity index (χ2n) is 8.64. The van der Waals surface area contributed by atoms with Gasteiger partial charge in [-0.1, -0.05) is 67.1 Å². The van der Waals surface area contributed by atoms with Crippen LogP contribution < -0.4 is 4.74 Å². The lowest BCUT2D eigenvalue weighted by Gasteiger charge is -2.20. The molecule has 0 fully saturated rings. The number of thioether (sulfide) groups is 1. The van der Waals surface area contributed by atoms with Crippen molar-refractivity contribution in [2.75, 3.05) is 5.75 Å². The zero-order chi connectivity index (χ0) is 24.4. The zero-order valence-corrected chi connectivity index (χ0v) is 20.7. The van der Waals surface area contributed by atoms with E-state index < -0.39 is 11.9 Å². The van der Waals surface area contributed by atoms with E-state index >= 15 is 0 Å². The number of nitrogens with zero attached hydrogens (tertiary/aromatic N) is 1. The lowest BCUT2D eigenvalue weighted by molar-refractivity contribution is -0.140. The van der Waals surface area contributed by atoms with E-state index in [2.05, 4.69) is 18.2 Å². The lowest BCUT2D eigenvalue weighted by atomic mass is 9.98. The predicted octanol–water partition coefficient (Wildman–Crippen LogP) is 7.49. The summed E-state index contributed by atoms with van der Waals surface area (Å²) in [5, 5.41) is 11.1. The van der Waals surface area contributed by atoms with Crippen LogP contribution in [0.1, 0.15) is 40.1 Å². The Kier molecular flexibility index (Phi) is 6.80. The number of hydrogen-bond acceptors (Lipinski definition) is 4. The fourth-order valence-corrected chi connectivity index (χ4v) is 5.69. The van der Waals surface area contributed by atoms with Gasteiger partial charge in [0, 0.05) is 21.7 Å². The molecule has 1 N–H and O–H groups in total. The van der Waals surface area contributed by atoms with Gasteiger partial charge in [0.05, 0.1) is 22.4 Å². The van der Waals surface area contributed by atoms with Gasteiger partial charge in [0.15, 0.2) is 0 Å². The van der Waals surface area contributed by atoms with Crippen molar-refractivity contribution >= 4 is 52.4 Å². The number of halogens is 1. The molecule has 0 radical (unpaired) electrons. The van der Waals surface area contributed by atoms with Crippen molar-refractivity contribution in [1.29, 1.82) is 0 Å². The van der Waals surface area contributed by atoms with E-state index in [1.165, 1.54) is 5.56 Å². The number of pyridine rings is 1. The number of rotatable bonds is 6. The standard InChI is InChI=1S/C29H24ClNO3S/c1-18(29(32)33)17-35-28-24-5-3-2-4-21(24)16-34-27-13-7-19(14-25(27)28)6-11-23-12-9-20-8-10-22(30)15-26(20)31-23/h2-15,18,28H,16-17H2,1H3,(H,32,33)/b11-6+. The van der Waals surface area contributed by atoms with Crippen LogP contribution in [0.3, 0.4) is 0 Å². The summed E-state index contributed by atoms with van der Waals surface area (Å²) in [5.41, 5.74) is 6.07. The van der Waals surface area contributed by atoms with Crippen molar-refractivity contribution in [3.8, 4) is 5.75 Å². The number of carboxylic acid groups (broad SMARTS) is 1. The van der Waals surface area contributed by atoms with Gasteiger partial charge in [-0.3, -0.25) is 4.79 Å². The first-order valence-corrected chi connectivity index (χ1v) is 12.8. The average molecular weight is 502 g/mol. The second-order valence-corrected chi connectivity index (χ2v) is 10.2. The molecule has 0 saturated carbocycles. The van der Waals surface area contributed by atoms with Gasteiger partial charge >= 0.3 is 5.97 Å². The van der Waals surface area contributed by atoms with Gasteiger partial charge in [0.1, 0.15) is 12.4 Å². The maximum Gasteiger partial charge on any atom is 0.307 e. The molecule has 0 saturated heterocycles. The Bertz CT molecular complexity index is 1430. The smallest absolute Gasteiger partial charge is 0.307 e. The van der Waals surface area contributed by atoms with Crippen LogP contribution in [-0.4, -0.2) is 21.8 Å². The van der Waals surface area contributed by atoms with Crippen LogP contribution in [-0.2, 0) is 11.4 Å². The van der Waals surface area contributed by atoms with E-state index in [1.54, 1.807) is 18.7 Å². The van der Waals surface area contributed by atoms with Gasteiger partial charge in [-0.25, -0.2) is 4.98 Å². The number of hydrogen-bond donors (Lipinski definition) is 1. The van der Waals surface area contributed by atoms with Gasteiger partial charge < -0.3 is 9.84 Å². The topological polar surface area (TPSA) is 59.4 Å². The lowest BCUT2D eigenvalue weighted by Crippen LogP contribution is -2.13. The molecule has 0 bridgehead atoms. The highest BCUT2D eigenvalue weighted by Crippen LogP contribution is 2.45. The number of benzene rings is 3. The Morgan fingerprint density at radius 2 is 1.94 bits per heavy atom. The number of carbonyl (C=O) groups is 1. The molecular formula is C29H24ClNO3S. The molecular weight excluding hydrogens is 478 g/mol. The molecule has 2 atom stereocenters. The number of fused-ring (bicyclic) bond motifs is 3. The molecule has 1 aliphatic rings. The highest BCUT2D eigenvalue weighted by Gasteiger charge is 2.26. The Morgan fingerprint density at radius 3 is 2.80 bits per heavy atom. The quantitative estimate of drug-likeness (QED) is 0.296. The molecule has 0 aliphatic carbocycles. The van der Waals surface area contributed by atoms with E-state index in [0.29, 0.717) is 17.4 Å². The molecule has 5 rings (SSSR count). The van der Waals surface area contributed by atoms with Gasteiger partial charge in [-0.15, -0.1) is 11.8 Å². The summed E-state index contributed by atoms with van der Waals surface area (Å²) in [6.45, 7) is 2.24. The minimum absolute atomic E-state index is 0.0141. The number of ether oxygens (including phenoxy) is 1. The van der Waals surface area contributed by atoms with Gasteiger partial charge in [-0.05, 0) is 53.1 Å². The molecule has 0 spiro atoms. The Balaban J connectivity index is 1.48. The largest absolute Gasteiger partial charge is 0.489 e. The normalized spacial score (nSPS) is 15.8. The van der Waals surface area contributed by atoms with Crippen molar-refractivity contribution < 1.29 is 14.6 Å². The first kappa shape index (κ1) is 23.5. The number of carboxylic acids is 1. The molecule has 35 heavy (non-hydrogen) atoms. The molecule has 4 nitrogen and oxygen atoms in total. The van der Waals surface area contributed by atoms with Crippen molar-refractivity contribution in [2.24, 2.45) is 5.92 Å². The number of aromatic nitrogens is 1. The summed E-state index contributed by atoms with van der Waals surface area (Å²) in [6.07, 6.45) is 4.03. The molecule has 2 unspecified atom stereocenters. The van der Waals surface area contributed by atoms with Gasteiger partial charge in [0.25, 0.3) is 0 Å². The van der Waals surface area contributed by atoms with Crippen molar-refractivity contribution in [1.82, 2.24) is 4.98 Å². The van der Waals surface area contributed by atoms with Crippen molar-refractivity contribution in [3.05, 3.63) is 106 Å². The summed E-state index contributed by atoms with van der Waals surface area (Å²) in [4.78, 5) is 16.2. The fourth-order valence-electron chi connectivity index (χ4n) is 4.12. The average Bonchev–Trinajstić information content (AvgIpc) is 3.02. The Hall–Kier alpha value is -3.28. The van der Waals surface area contributed by atoms with E-state index in [-0.39, 0.29) is 5.25 Å². The Morgan fingerprint density at radius 1 is 1.11 bits per heavy atom. The number of aliphatic carboxylic acids is 1. The molecule has 1 aliphatic heterocycles. The summed E-state index contributed by atoms with van der Waals surface area (Å²) in [6, 6.07) is 24.1. The van der Waals surface area contributed by atoms with Crippen molar-refractivity contribution in [2.45, 2.75) is 18.8 Å². The highest BCUT2D eigenvalue weighted by molar-refractivity contribution is 7.99. The summed E-state index contributed by atoms with van der Waals surface area (Å²) < 4.78 is 6.16. The van der Waals surface area contributed by atoms with Gasteiger partial charge in [-0.2, -0.15) is 0 Å². The van der Waals surface area contributed by atoms with Crippen LogP contribution in [0.15, 0.2) is 72.8 Å².